The van der Waals surface area contributed by atoms with Crippen LogP contribution in [0.15, 0.2) is 55.1 Å². The van der Waals surface area contributed by atoms with Crippen molar-refractivity contribution in [2.45, 2.75) is 31.2 Å². The first kappa shape index (κ1) is 21.5. The summed E-state index contributed by atoms with van der Waals surface area (Å²) in [5, 5.41) is 35.1. The third-order valence-electron chi connectivity index (χ3n) is 5.17. The Bertz CT molecular complexity index is 1120. The SMILES string of the molecule is O=C(NC1(C(O)NCc2ccc(Oc3ccc(O)c(O)c3)c(F)c2)CC1)c1cncnc1. The van der Waals surface area contributed by atoms with Gasteiger partial charge in [0.25, 0.3) is 5.91 Å². The van der Waals surface area contributed by atoms with E-state index >= 15 is 0 Å². The maximum Gasteiger partial charge on any atom is 0.254 e. The molecule has 1 aliphatic carbocycles. The molecule has 1 aromatic heterocycles. The van der Waals surface area contributed by atoms with Crippen LogP contribution < -0.4 is 15.4 Å². The molecule has 1 amide bonds. The Morgan fingerprint density at radius 3 is 2.53 bits per heavy atom. The highest BCUT2D eigenvalue weighted by Gasteiger charge is 2.50. The topological polar surface area (TPSA) is 137 Å². The Morgan fingerprint density at radius 1 is 1.12 bits per heavy atom. The first-order valence-electron chi connectivity index (χ1n) is 9.83. The van der Waals surface area contributed by atoms with Crippen LogP contribution in [0.1, 0.15) is 28.8 Å². The molecule has 1 heterocycles. The Balaban J connectivity index is 1.34. The fraction of sp³-hybridized carbons (Fsp3) is 0.227. The lowest BCUT2D eigenvalue weighted by molar-refractivity contribution is 0.0660. The molecule has 32 heavy (non-hydrogen) atoms. The number of hydrogen-bond donors (Lipinski definition) is 5. The maximum atomic E-state index is 14.5. The molecule has 0 spiro atoms. The number of aliphatic hydroxyl groups is 1. The van der Waals surface area contributed by atoms with Crippen LogP contribution in [0.25, 0.3) is 0 Å². The standard InChI is InChI=1S/C22H21FN4O5/c23-16-7-13(1-4-19(16)32-15-2-3-17(28)18(29)8-15)9-26-21(31)22(5-6-22)27-20(30)14-10-24-12-25-11-14/h1-4,7-8,10-12,21,26,28-29,31H,5-6,9H2,(H,27,30). The molecule has 9 nitrogen and oxygen atoms in total. The van der Waals surface area contributed by atoms with E-state index in [1.165, 1.54) is 49.1 Å². The second kappa shape index (κ2) is 8.77. The lowest BCUT2D eigenvalue weighted by Crippen LogP contribution is -2.52. The molecule has 0 aliphatic heterocycles. The second-order valence-electron chi connectivity index (χ2n) is 7.54. The maximum absolute atomic E-state index is 14.5. The highest BCUT2D eigenvalue weighted by atomic mass is 19.1. The molecule has 5 N–H and O–H groups in total. The lowest BCUT2D eigenvalue weighted by atomic mass is 10.1. The number of amides is 1. The molecular weight excluding hydrogens is 419 g/mol. The van der Waals surface area contributed by atoms with Crippen LogP contribution in [-0.4, -0.2) is 43.0 Å². The van der Waals surface area contributed by atoms with Crippen molar-refractivity contribution in [2.75, 3.05) is 0 Å². The van der Waals surface area contributed by atoms with Crippen LogP contribution in [0.5, 0.6) is 23.0 Å². The van der Waals surface area contributed by atoms with E-state index in [9.17, 15) is 24.5 Å². The molecule has 1 fully saturated rings. The number of nitrogens with one attached hydrogen (secondary N) is 2. The molecule has 3 aromatic rings. The van der Waals surface area contributed by atoms with Crippen LogP contribution in [0.2, 0.25) is 0 Å². The van der Waals surface area contributed by atoms with Gasteiger partial charge < -0.3 is 25.4 Å². The Kier molecular flexibility index (Phi) is 5.89. The van der Waals surface area contributed by atoms with E-state index in [4.69, 9.17) is 4.74 Å². The molecular formula is C22H21FN4O5. The molecule has 0 saturated heterocycles. The van der Waals surface area contributed by atoms with Crippen LogP contribution in [0.4, 0.5) is 4.39 Å². The van der Waals surface area contributed by atoms with Crippen molar-refractivity contribution in [1.82, 2.24) is 20.6 Å². The predicted octanol–water partition coefficient (Wildman–Crippen LogP) is 2.19. The number of aliphatic hydroxyl groups excluding tert-OH is 1. The van der Waals surface area contributed by atoms with E-state index in [-0.39, 0.29) is 35.4 Å². The summed E-state index contributed by atoms with van der Waals surface area (Å²) < 4.78 is 19.9. The van der Waals surface area contributed by atoms with Crippen molar-refractivity contribution in [2.24, 2.45) is 0 Å². The van der Waals surface area contributed by atoms with Crippen LogP contribution in [0, 0.1) is 5.82 Å². The minimum atomic E-state index is -1.03. The molecule has 1 atom stereocenters. The highest BCUT2D eigenvalue weighted by molar-refractivity contribution is 5.94. The number of carbonyl (C=O) groups is 1. The van der Waals surface area contributed by atoms with Crippen LogP contribution in [-0.2, 0) is 6.54 Å². The van der Waals surface area contributed by atoms with E-state index in [0.29, 0.717) is 24.0 Å². The van der Waals surface area contributed by atoms with Gasteiger partial charge in [0.05, 0.1) is 11.1 Å². The number of rotatable bonds is 8. The number of phenolic OH excluding ortho intramolecular Hbond substituents is 2. The molecule has 1 aliphatic rings. The van der Waals surface area contributed by atoms with Gasteiger partial charge in [-0.1, -0.05) is 6.07 Å². The summed E-state index contributed by atoms with van der Waals surface area (Å²) in [5.41, 5.74) is 0.0571. The number of phenols is 2. The minimum Gasteiger partial charge on any atom is -0.504 e. The fourth-order valence-corrected chi connectivity index (χ4v) is 3.16. The molecule has 1 saturated carbocycles. The smallest absolute Gasteiger partial charge is 0.254 e. The first-order valence-corrected chi connectivity index (χ1v) is 9.83. The Hall–Kier alpha value is -3.76. The summed E-state index contributed by atoms with van der Waals surface area (Å²) in [6, 6.07) is 8.11. The number of nitrogens with zero attached hydrogens (tertiary/aromatic N) is 2. The van der Waals surface area contributed by atoms with Crippen molar-refractivity contribution >= 4 is 5.91 Å². The molecule has 2 aromatic carbocycles. The number of aromatic hydroxyl groups is 2. The third-order valence-corrected chi connectivity index (χ3v) is 5.17. The summed E-state index contributed by atoms with van der Waals surface area (Å²) >= 11 is 0. The molecule has 4 rings (SSSR count). The van der Waals surface area contributed by atoms with Crippen molar-refractivity contribution < 1.29 is 29.2 Å². The minimum absolute atomic E-state index is 0.0598. The van der Waals surface area contributed by atoms with Gasteiger partial charge in [0.1, 0.15) is 18.3 Å². The number of hydrogen-bond acceptors (Lipinski definition) is 8. The molecule has 166 valence electrons. The van der Waals surface area contributed by atoms with Crippen molar-refractivity contribution in [3.05, 3.63) is 72.1 Å². The summed E-state index contributed by atoms with van der Waals surface area (Å²) in [6.07, 6.45) is 4.27. The quantitative estimate of drug-likeness (QED) is 0.266. The Labute approximate surface area is 182 Å². The van der Waals surface area contributed by atoms with Crippen molar-refractivity contribution in [3.8, 4) is 23.0 Å². The average Bonchev–Trinajstić information content (AvgIpc) is 3.57. The van der Waals surface area contributed by atoms with E-state index < -0.39 is 17.6 Å². The summed E-state index contributed by atoms with van der Waals surface area (Å²) in [6.45, 7) is 0.157. The van der Waals surface area contributed by atoms with E-state index in [1.54, 1.807) is 6.07 Å². The fourth-order valence-electron chi connectivity index (χ4n) is 3.16. The normalized spacial score (nSPS) is 15.1. The van der Waals surface area contributed by atoms with Gasteiger partial charge in [0.15, 0.2) is 23.1 Å². The average molecular weight is 440 g/mol. The molecule has 0 bridgehead atoms. The first-order chi connectivity index (χ1) is 15.4. The van der Waals surface area contributed by atoms with E-state index in [0.717, 1.165) is 0 Å². The van der Waals surface area contributed by atoms with Gasteiger partial charge >= 0.3 is 0 Å². The summed E-state index contributed by atoms with van der Waals surface area (Å²) in [4.78, 5) is 19.9. The van der Waals surface area contributed by atoms with E-state index in [2.05, 4.69) is 20.6 Å². The molecule has 10 heteroatoms. The van der Waals surface area contributed by atoms with Crippen LogP contribution in [0.3, 0.4) is 0 Å². The second-order valence-corrected chi connectivity index (χ2v) is 7.54. The third kappa shape index (κ3) is 4.76. The number of benzene rings is 2. The van der Waals surface area contributed by atoms with Gasteiger partial charge in [-0.15, -0.1) is 0 Å². The zero-order valence-electron chi connectivity index (χ0n) is 16.8. The zero-order valence-corrected chi connectivity index (χ0v) is 16.8. The van der Waals surface area contributed by atoms with Crippen molar-refractivity contribution in [3.63, 3.8) is 0 Å². The largest absolute Gasteiger partial charge is 0.504 e. The van der Waals surface area contributed by atoms with Gasteiger partial charge in [0.2, 0.25) is 0 Å². The highest BCUT2D eigenvalue weighted by Crippen LogP contribution is 2.38. The monoisotopic (exact) mass is 440 g/mol. The zero-order chi connectivity index (χ0) is 22.7. The van der Waals surface area contributed by atoms with Gasteiger partial charge in [0, 0.05) is 25.0 Å². The van der Waals surface area contributed by atoms with Crippen LogP contribution >= 0.6 is 0 Å². The number of halogens is 1. The number of aromatic nitrogens is 2. The lowest BCUT2D eigenvalue weighted by Gasteiger charge is -2.24. The van der Waals surface area contributed by atoms with Gasteiger partial charge in [-0.25, -0.2) is 14.4 Å². The summed E-state index contributed by atoms with van der Waals surface area (Å²) in [7, 11) is 0. The molecule has 0 radical (unpaired) electrons. The number of carbonyl (C=O) groups excluding carboxylic acids is 1. The van der Waals surface area contributed by atoms with Gasteiger partial charge in [-0.3, -0.25) is 10.1 Å². The van der Waals surface area contributed by atoms with Gasteiger partial charge in [-0.2, -0.15) is 0 Å². The summed E-state index contributed by atoms with van der Waals surface area (Å²) in [5.74, 6) is -1.59. The number of ether oxygens (including phenoxy) is 1. The van der Waals surface area contributed by atoms with Crippen molar-refractivity contribution in [1.29, 1.82) is 0 Å². The Morgan fingerprint density at radius 2 is 1.88 bits per heavy atom. The van der Waals surface area contributed by atoms with E-state index in [1.807, 2.05) is 0 Å². The molecule has 1 unspecified atom stereocenters. The van der Waals surface area contributed by atoms with Gasteiger partial charge in [-0.05, 0) is 42.7 Å². The predicted molar refractivity (Wildman–Crippen MR) is 111 cm³/mol.